The van der Waals surface area contributed by atoms with Gasteiger partial charge in [-0.05, 0) is 50.1 Å². The second-order valence-corrected chi connectivity index (χ2v) is 11.1. The largest absolute Gasteiger partial charge is 0.486 e. The Bertz CT molecular complexity index is 1190. The van der Waals surface area contributed by atoms with Crippen molar-refractivity contribution in [3.63, 3.8) is 0 Å². The number of anilines is 1. The van der Waals surface area contributed by atoms with Gasteiger partial charge in [-0.15, -0.1) is 0 Å². The van der Waals surface area contributed by atoms with E-state index in [9.17, 15) is 18.0 Å². The molecule has 0 bridgehead atoms. The van der Waals surface area contributed by atoms with E-state index in [1.54, 1.807) is 43.3 Å². The van der Waals surface area contributed by atoms with E-state index in [1.807, 2.05) is 13.8 Å². The Hall–Kier alpha value is -2.98. The molecule has 0 fully saturated rings. The van der Waals surface area contributed by atoms with Crippen molar-refractivity contribution in [3.8, 4) is 11.5 Å². The summed E-state index contributed by atoms with van der Waals surface area (Å²) in [6.45, 7) is 5.80. The molecular formula is C25H32ClN3O6S. The number of hydrogen-bond donors (Lipinski definition) is 1. The molecule has 196 valence electrons. The molecule has 1 aliphatic rings. The zero-order valence-corrected chi connectivity index (χ0v) is 22.4. The van der Waals surface area contributed by atoms with E-state index >= 15 is 0 Å². The number of rotatable bonds is 10. The average molecular weight is 538 g/mol. The van der Waals surface area contributed by atoms with E-state index in [0.717, 1.165) is 22.5 Å². The summed E-state index contributed by atoms with van der Waals surface area (Å²) in [5.41, 5.74) is 1.01. The van der Waals surface area contributed by atoms with Crippen LogP contribution in [-0.2, 0) is 26.2 Å². The Morgan fingerprint density at radius 3 is 2.31 bits per heavy atom. The number of fused-ring (bicyclic) bond motifs is 1. The SMILES string of the molecule is CC[C@H](C)NC(=O)[C@@H](C)N(Cc1ccc(Cl)cc1)C(=O)CN(c1ccc2c(c1)OCCO2)S(C)(=O)=O. The molecule has 3 rings (SSSR count). The van der Waals surface area contributed by atoms with E-state index in [2.05, 4.69) is 5.32 Å². The minimum Gasteiger partial charge on any atom is -0.486 e. The summed E-state index contributed by atoms with van der Waals surface area (Å²) in [4.78, 5) is 27.9. The van der Waals surface area contributed by atoms with Crippen LogP contribution in [0, 0.1) is 0 Å². The van der Waals surface area contributed by atoms with E-state index in [0.29, 0.717) is 29.7 Å². The molecule has 0 unspecified atom stereocenters. The molecule has 11 heteroatoms. The fourth-order valence-corrected chi connectivity index (χ4v) is 4.60. The zero-order chi connectivity index (χ0) is 26.5. The number of ether oxygens (including phenoxy) is 2. The highest BCUT2D eigenvalue weighted by Crippen LogP contribution is 2.34. The number of carbonyl (C=O) groups is 2. The third-order valence-corrected chi connectivity index (χ3v) is 7.32. The average Bonchev–Trinajstić information content (AvgIpc) is 2.85. The standard InChI is InChI=1S/C25H32ClN3O6S/c1-5-17(2)27-25(31)18(3)28(15-19-6-8-20(26)9-7-19)24(30)16-29(36(4,32)33)21-10-11-22-23(14-21)35-13-12-34-22/h6-11,14,17-18H,5,12-13,15-16H2,1-4H3,(H,27,31)/t17-,18+/m0/s1. The summed E-state index contributed by atoms with van der Waals surface area (Å²) >= 11 is 6.00. The van der Waals surface area contributed by atoms with Crippen molar-refractivity contribution in [3.05, 3.63) is 53.1 Å². The smallest absolute Gasteiger partial charge is 0.244 e. The van der Waals surface area contributed by atoms with Gasteiger partial charge >= 0.3 is 0 Å². The molecule has 1 aliphatic heterocycles. The van der Waals surface area contributed by atoms with Crippen LogP contribution in [0.5, 0.6) is 11.5 Å². The lowest BCUT2D eigenvalue weighted by molar-refractivity contribution is -0.139. The number of benzene rings is 2. The van der Waals surface area contributed by atoms with Gasteiger partial charge in [0.15, 0.2) is 11.5 Å². The predicted molar refractivity (Wildman–Crippen MR) is 139 cm³/mol. The fourth-order valence-electron chi connectivity index (χ4n) is 3.64. The summed E-state index contributed by atoms with van der Waals surface area (Å²) in [6.07, 6.45) is 1.76. The van der Waals surface area contributed by atoms with Crippen molar-refractivity contribution in [2.45, 2.75) is 45.8 Å². The van der Waals surface area contributed by atoms with Crippen molar-refractivity contribution < 1.29 is 27.5 Å². The third kappa shape index (κ3) is 7.04. The van der Waals surface area contributed by atoms with Gasteiger partial charge in [0.05, 0.1) is 11.9 Å². The van der Waals surface area contributed by atoms with Gasteiger partial charge in [-0.25, -0.2) is 8.42 Å². The number of nitrogens with one attached hydrogen (secondary N) is 1. The van der Waals surface area contributed by atoms with Gasteiger partial charge < -0.3 is 19.7 Å². The summed E-state index contributed by atoms with van der Waals surface area (Å²) in [6, 6.07) is 10.7. The summed E-state index contributed by atoms with van der Waals surface area (Å²) < 4.78 is 37.6. The highest BCUT2D eigenvalue weighted by Gasteiger charge is 2.31. The second-order valence-electron chi connectivity index (χ2n) is 8.74. The van der Waals surface area contributed by atoms with E-state index in [4.69, 9.17) is 21.1 Å². The number of sulfonamides is 1. The molecule has 0 spiro atoms. The molecular weight excluding hydrogens is 506 g/mol. The summed E-state index contributed by atoms with van der Waals surface area (Å²) in [5, 5.41) is 3.44. The van der Waals surface area contributed by atoms with Crippen LogP contribution in [0.25, 0.3) is 0 Å². The van der Waals surface area contributed by atoms with Gasteiger partial charge in [0, 0.05) is 23.7 Å². The lowest BCUT2D eigenvalue weighted by Gasteiger charge is -2.32. The van der Waals surface area contributed by atoms with Crippen LogP contribution in [0.1, 0.15) is 32.8 Å². The number of carbonyl (C=O) groups excluding carboxylic acids is 2. The Morgan fingerprint density at radius 1 is 1.06 bits per heavy atom. The Labute approximate surface area is 217 Å². The van der Waals surface area contributed by atoms with Crippen LogP contribution >= 0.6 is 11.6 Å². The summed E-state index contributed by atoms with van der Waals surface area (Å²) in [7, 11) is -3.85. The predicted octanol–water partition coefficient (Wildman–Crippen LogP) is 3.21. The van der Waals surface area contributed by atoms with Crippen LogP contribution in [0.3, 0.4) is 0 Å². The molecule has 0 aromatic heterocycles. The van der Waals surface area contributed by atoms with E-state index in [-0.39, 0.29) is 24.2 Å². The second kappa shape index (κ2) is 11.8. The van der Waals surface area contributed by atoms with Crippen molar-refractivity contribution in [1.82, 2.24) is 10.2 Å². The number of halogens is 1. The molecule has 1 heterocycles. The summed E-state index contributed by atoms with van der Waals surface area (Å²) in [5.74, 6) is 0.0533. The van der Waals surface area contributed by atoms with Crippen molar-refractivity contribution in [2.24, 2.45) is 0 Å². The maximum Gasteiger partial charge on any atom is 0.244 e. The van der Waals surface area contributed by atoms with Crippen LogP contribution < -0.4 is 19.1 Å². The first kappa shape index (κ1) is 27.6. The minimum atomic E-state index is -3.85. The quantitative estimate of drug-likeness (QED) is 0.499. The van der Waals surface area contributed by atoms with Gasteiger partial charge in [-0.1, -0.05) is 30.7 Å². The maximum atomic E-state index is 13.6. The van der Waals surface area contributed by atoms with Crippen LogP contribution in [0.15, 0.2) is 42.5 Å². The molecule has 0 aliphatic carbocycles. The molecule has 36 heavy (non-hydrogen) atoms. The topological polar surface area (TPSA) is 105 Å². The zero-order valence-electron chi connectivity index (χ0n) is 20.9. The Morgan fingerprint density at radius 2 is 1.69 bits per heavy atom. The monoisotopic (exact) mass is 537 g/mol. The lowest BCUT2D eigenvalue weighted by Crippen LogP contribution is -2.52. The van der Waals surface area contributed by atoms with Gasteiger partial charge in [0.25, 0.3) is 0 Å². The molecule has 9 nitrogen and oxygen atoms in total. The Kier molecular flexibility index (Phi) is 9.08. The third-order valence-electron chi connectivity index (χ3n) is 5.93. The molecule has 2 aromatic rings. The normalized spacial score (nSPS) is 14.5. The highest BCUT2D eigenvalue weighted by atomic mass is 35.5. The van der Waals surface area contributed by atoms with Gasteiger partial charge in [0.1, 0.15) is 25.8 Å². The first-order valence-corrected chi connectivity index (χ1v) is 13.9. The number of hydrogen-bond acceptors (Lipinski definition) is 6. The highest BCUT2D eigenvalue weighted by molar-refractivity contribution is 7.92. The fraction of sp³-hybridized carbons (Fsp3) is 0.440. The van der Waals surface area contributed by atoms with Gasteiger partial charge in [-0.3, -0.25) is 13.9 Å². The maximum absolute atomic E-state index is 13.6. The number of nitrogens with zero attached hydrogens (tertiary/aromatic N) is 2. The van der Waals surface area contributed by atoms with E-state index < -0.39 is 28.5 Å². The van der Waals surface area contributed by atoms with Crippen molar-refractivity contribution >= 4 is 39.1 Å². The van der Waals surface area contributed by atoms with Crippen molar-refractivity contribution in [1.29, 1.82) is 0 Å². The molecule has 2 amide bonds. The molecule has 2 atom stereocenters. The van der Waals surface area contributed by atoms with Crippen LogP contribution in [0.4, 0.5) is 5.69 Å². The molecule has 0 radical (unpaired) electrons. The van der Waals surface area contributed by atoms with Crippen LogP contribution in [0.2, 0.25) is 5.02 Å². The molecule has 0 saturated carbocycles. The number of amides is 2. The molecule has 1 N–H and O–H groups in total. The Balaban J connectivity index is 1.91. The van der Waals surface area contributed by atoms with E-state index in [1.165, 1.54) is 11.0 Å². The minimum absolute atomic E-state index is 0.0716. The first-order chi connectivity index (χ1) is 17.0. The van der Waals surface area contributed by atoms with Crippen molar-refractivity contribution in [2.75, 3.05) is 30.3 Å². The molecule has 0 saturated heterocycles. The lowest BCUT2D eigenvalue weighted by atomic mass is 10.1. The first-order valence-electron chi connectivity index (χ1n) is 11.7. The van der Waals surface area contributed by atoms with Gasteiger partial charge in [-0.2, -0.15) is 0 Å². The van der Waals surface area contributed by atoms with Gasteiger partial charge in [0.2, 0.25) is 21.8 Å². The molecule has 2 aromatic carbocycles. The van der Waals surface area contributed by atoms with Crippen LogP contribution in [-0.4, -0.2) is 63.2 Å².